The van der Waals surface area contributed by atoms with Gasteiger partial charge in [-0.15, -0.1) is 0 Å². The molecule has 4 amide bonds. The van der Waals surface area contributed by atoms with Crippen LogP contribution in [0.15, 0.2) is 0 Å². The summed E-state index contributed by atoms with van der Waals surface area (Å²) in [6, 6.07) is -3.96. The predicted octanol–water partition coefficient (Wildman–Crippen LogP) is -3.86. The summed E-state index contributed by atoms with van der Waals surface area (Å²) < 4.78 is 0. The van der Waals surface area contributed by atoms with Gasteiger partial charge in [0.05, 0.1) is 18.9 Å². The first-order valence-electron chi connectivity index (χ1n) is 6.20. The van der Waals surface area contributed by atoms with E-state index in [4.69, 9.17) is 22.3 Å². The zero-order chi connectivity index (χ0) is 17.4. The fraction of sp³-hybridized carbons (Fsp3) is 0.545. The molecule has 22 heavy (non-hydrogen) atoms. The van der Waals surface area contributed by atoms with Gasteiger partial charge in [0.1, 0.15) is 12.1 Å². The molecule has 0 unspecified atom stereocenters. The number of carbonyl (C=O) groups is 5. The Morgan fingerprint density at radius 1 is 0.909 bits per heavy atom. The van der Waals surface area contributed by atoms with E-state index in [1.165, 1.54) is 6.92 Å². The number of rotatable bonds is 9. The molecule has 0 saturated carbocycles. The lowest BCUT2D eigenvalue weighted by molar-refractivity contribution is -0.143. The van der Waals surface area contributed by atoms with Crippen LogP contribution in [0.2, 0.25) is 0 Å². The molecule has 0 bridgehead atoms. The lowest BCUT2D eigenvalue weighted by Gasteiger charge is -2.20. The fourth-order valence-electron chi connectivity index (χ4n) is 1.39. The van der Waals surface area contributed by atoms with Crippen LogP contribution >= 0.6 is 0 Å². The van der Waals surface area contributed by atoms with Crippen molar-refractivity contribution in [3.05, 3.63) is 0 Å². The summed E-state index contributed by atoms with van der Waals surface area (Å²) in [4.78, 5) is 56.0. The molecule has 0 aliphatic carbocycles. The molecule has 0 spiro atoms. The summed E-state index contributed by atoms with van der Waals surface area (Å²) in [6.45, 7) is 1.35. The highest BCUT2D eigenvalue weighted by Gasteiger charge is 2.29. The molecule has 0 radical (unpaired) electrons. The van der Waals surface area contributed by atoms with E-state index < -0.39 is 60.6 Å². The Morgan fingerprint density at radius 3 is 1.68 bits per heavy atom. The predicted molar refractivity (Wildman–Crippen MR) is 72.8 cm³/mol. The largest absolute Gasteiger partial charge is 0.480 e. The van der Waals surface area contributed by atoms with Crippen molar-refractivity contribution >= 4 is 29.6 Å². The molecule has 0 aromatic heterocycles. The van der Waals surface area contributed by atoms with Crippen LogP contribution in [0.25, 0.3) is 0 Å². The summed E-state index contributed by atoms with van der Waals surface area (Å²) in [7, 11) is 0. The Labute approximate surface area is 125 Å². The van der Waals surface area contributed by atoms with Crippen LogP contribution in [0.3, 0.4) is 0 Å². The van der Waals surface area contributed by atoms with Crippen LogP contribution in [0.5, 0.6) is 0 Å². The van der Waals surface area contributed by atoms with Crippen molar-refractivity contribution in [3.63, 3.8) is 0 Å². The van der Waals surface area contributed by atoms with E-state index in [1.807, 2.05) is 5.32 Å². The highest BCUT2D eigenvalue weighted by atomic mass is 16.4. The fourth-order valence-corrected chi connectivity index (χ4v) is 1.39. The van der Waals surface area contributed by atoms with Gasteiger partial charge in [0.2, 0.25) is 23.6 Å². The van der Waals surface area contributed by atoms with Crippen molar-refractivity contribution in [1.29, 1.82) is 0 Å². The standard InChI is InChI=1S/C11H19N5O6/c1-4(12)9(19)15-5(2-7(13)17)10(20)16-6(11(21)22)3-8(14)18/h4-6H,2-3,12H2,1H3,(H2,13,17)(H2,14,18)(H,15,19)(H,16,20)(H,21,22)/t4-,5-,6-/m0/s1. The second-order valence-corrected chi connectivity index (χ2v) is 4.59. The summed E-state index contributed by atoms with van der Waals surface area (Å²) in [5.41, 5.74) is 15.1. The molecule has 3 atom stereocenters. The zero-order valence-corrected chi connectivity index (χ0v) is 11.9. The molecule has 9 N–H and O–H groups in total. The van der Waals surface area contributed by atoms with Gasteiger partial charge in [0, 0.05) is 0 Å². The lowest BCUT2D eigenvalue weighted by atomic mass is 10.1. The van der Waals surface area contributed by atoms with E-state index in [2.05, 4.69) is 5.32 Å². The summed E-state index contributed by atoms with van der Waals surface area (Å²) >= 11 is 0. The van der Waals surface area contributed by atoms with E-state index in [0.29, 0.717) is 0 Å². The Hall–Kier alpha value is -2.69. The van der Waals surface area contributed by atoms with E-state index in [1.54, 1.807) is 0 Å². The first kappa shape index (κ1) is 19.3. The normalized spacial score (nSPS) is 14.3. The molecule has 0 heterocycles. The quantitative estimate of drug-likeness (QED) is 0.249. The minimum Gasteiger partial charge on any atom is -0.480 e. The van der Waals surface area contributed by atoms with Gasteiger partial charge in [-0.3, -0.25) is 19.2 Å². The Bertz CT molecular complexity index is 478. The van der Waals surface area contributed by atoms with E-state index in [0.717, 1.165) is 0 Å². The zero-order valence-electron chi connectivity index (χ0n) is 11.9. The molecular weight excluding hydrogens is 298 g/mol. The number of carboxylic acid groups (broad SMARTS) is 1. The molecule has 0 aromatic carbocycles. The van der Waals surface area contributed by atoms with Crippen molar-refractivity contribution in [2.45, 2.75) is 37.9 Å². The molecule has 0 aliphatic heterocycles. The van der Waals surface area contributed by atoms with Crippen LogP contribution in [0.4, 0.5) is 0 Å². The SMILES string of the molecule is C[C@H](N)C(=O)N[C@@H](CC(N)=O)C(=O)N[C@@H](CC(N)=O)C(=O)O. The monoisotopic (exact) mass is 317 g/mol. The van der Waals surface area contributed by atoms with Crippen LogP contribution in [-0.2, 0) is 24.0 Å². The maximum atomic E-state index is 11.9. The number of amides is 4. The van der Waals surface area contributed by atoms with Gasteiger partial charge in [-0.2, -0.15) is 0 Å². The third-order valence-electron chi connectivity index (χ3n) is 2.47. The number of nitrogens with two attached hydrogens (primary N) is 3. The molecule has 124 valence electrons. The highest BCUT2D eigenvalue weighted by molar-refractivity contribution is 5.95. The number of hydrogen-bond donors (Lipinski definition) is 6. The summed E-state index contributed by atoms with van der Waals surface area (Å²) in [5, 5.41) is 13.0. The smallest absolute Gasteiger partial charge is 0.326 e. The van der Waals surface area contributed by atoms with Crippen molar-refractivity contribution in [3.8, 4) is 0 Å². The maximum Gasteiger partial charge on any atom is 0.326 e. The average Bonchev–Trinajstić information content (AvgIpc) is 2.35. The third-order valence-corrected chi connectivity index (χ3v) is 2.47. The van der Waals surface area contributed by atoms with Crippen LogP contribution in [-0.4, -0.2) is 52.8 Å². The Balaban J connectivity index is 5.00. The molecule has 11 heteroatoms. The second kappa shape index (κ2) is 8.56. The summed E-state index contributed by atoms with van der Waals surface area (Å²) in [6.07, 6.45) is -1.21. The Kier molecular flexibility index (Phi) is 7.52. The third kappa shape index (κ3) is 7.19. The number of hydrogen-bond acceptors (Lipinski definition) is 6. The van der Waals surface area contributed by atoms with E-state index in [-0.39, 0.29) is 0 Å². The van der Waals surface area contributed by atoms with Gasteiger partial charge in [0.15, 0.2) is 0 Å². The minimum atomic E-state index is -1.59. The minimum absolute atomic E-state index is 0.562. The molecule has 0 saturated heterocycles. The van der Waals surface area contributed by atoms with Gasteiger partial charge in [0.25, 0.3) is 0 Å². The first-order valence-corrected chi connectivity index (χ1v) is 6.20. The van der Waals surface area contributed by atoms with Crippen molar-refractivity contribution in [2.75, 3.05) is 0 Å². The van der Waals surface area contributed by atoms with Crippen LogP contribution < -0.4 is 27.8 Å². The number of aliphatic carboxylic acids is 1. The van der Waals surface area contributed by atoms with Gasteiger partial charge >= 0.3 is 5.97 Å². The number of carbonyl (C=O) groups excluding carboxylic acids is 4. The Morgan fingerprint density at radius 2 is 1.32 bits per heavy atom. The highest BCUT2D eigenvalue weighted by Crippen LogP contribution is 1.98. The lowest BCUT2D eigenvalue weighted by Crippen LogP contribution is -2.55. The molecule has 0 aliphatic rings. The van der Waals surface area contributed by atoms with Crippen molar-refractivity contribution < 1.29 is 29.1 Å². The van der Waals surface area contributed by atoms with Gasteiger partial charge in [-0.25, -0.2) is 4.79 Å². The van der Waals surface area contributed by atoms with Gasteiger partial charge < -0.3 is 32.9 Å². The number of primary amides is 2. The molecule has 0 fully saturated rings. The average molecular weight is 317 g/mol. The first-order chi connectivity index (χ1) is 10.0. The molecule has 11 nitrogen and oxygen atoms in total. The summed E-state index contributed by atoms with van der Waals surface area (Å²) in [5.74, 6) is -5.07. The number of nitrogens with one attached hydrogen (secondary N) is 2. The van der Waals surface area contributed by atoms with E-state index in [9.17, 15) is 24.0 Å². The second-order valence-electron chi connectivity index (χ2n) is 4.59. The van der Waals surface area contributed by atoms with Gasteiger partial charge in [-0.05, 0) is 6.92 Å². The van der Waals surface area contributed by atoms with Crippen LogP contribution in [0.1, 0.15) is 19.8 Å². The van der Waals surface area contributed by atoms with Crippen molar-refractivity contribution in [1.82, 2.24) is 10.6 Å². The topological polar surface area (TPSA) is 208 Å². The maximum absolute atomic E-state index is 11.9. The molecular formula is C11H19N5O6. The van der Waals surface area contributed by atoms with E-state index >= 15 is 0 Å². The van der Waals surface area contributed by atoms with Crippen molar-refractivity contribution in [2.24, 2.45) is 17.2 Å². The molecule has 0 aromatic rings. The van der Waals surface area contributed by atoms with Gasteiger partial charge in [-0.1, -0.05) is 0 Å². The number of carboxylic acids is 1. The molecule has 0 rings (SSSR count). The van der Waals surface area contributed by atoms with Crippen LogP contribution in [0, 0.1) is 0 Å².